The standard InChI is InChI=1S/C24H24F3N3O/c1-29(2)12-5-13-30-22-11-9-19(24(25,26)27)15-21(22)28-23(30)16-31-20-10-8-17-6-3-4-7-18(17)14-20/h3-4,6-11,14-15H,5,12-13,16H2,1-2H3. The first-order chi connectivity index (χ1) is 14.8. The molecule has 0 fully saturated rings. The topological polar surface area (TPSA) is 30.3 Å². The second-order valence-corrected chi connectivity index (χ2v) is 7.84. The Bertz CT molecular complexity index is 1200. The molecule has 4 nitrogen and oxygen atoms in total. The second-order valence-electron chi connectivity index (χ2n) is 7.84. The SMILES string of the molecule is CN(C)CCCn1c(COc2ccc3ccccc3c2)nc2cc(C(F)(F)F)ccc21. The second kappa shape index (κ2) is 8.59. The molecular formula is C24H24F3N3O. The highest BCUT2D eigenvalue weighted by molar-refractivity contribution is 5.83. The van der Waals surface area contributed by atoms with Gasteiger partial charge >= 0.3 is 6.18 Å². The van der Waals surface area contributed by atoms with Crippen molar-refractivity contribution in [3.63, 3.8) is 0 Å². The molecule has 7 heteroatoms. The van der Waals surface area contributed by atoms with Crippen LogP contribution < -0.4 is 4.74 Å². The summed E-state index contributed by atoms with van der Waals surface area (Å²) >= 11 is 0. The maximum absolute atomic E-state index is 13.1. The maximum Gasteiger partial charge on any atom is 0.416 e. The lowest BCUT2D eigenvalue weighted by Crippen LogP contribution is -2.16. The number of imidazole rings is 1. The summed E-state index contributed by atoms with van der Waals surface area (Å²) in [6.07, 6.45) is -3.55. The minimum atomic E-state index is -4.40. The molecule has 3 aromatic carbocycles. The molecule has 0 spiro atoms. The van der Waals surface area contributed by atoms with Gasteiger partial charge in [0, 0.05) is 6.54 Å². The Hall–Kier alpha value is -3.06. The van der Waals surface area contributed by atoms with Gasteiger partial charge in [0.25, 0.3) is 0 Å². The van der Waals surface area contributed by atoms with Gasteiger partial charge in [-0.15, -0.1) is 0 Å². The van der Waals surface area contributed by atoms with Crippen molar-refractivity contribution < 1.29 is 17.9 Å². The van der Waals surface area contributed by atoms with E-state index < -0.39 is 11.7 Å². The summed E-state index contributed by atoms with van der Waals surface area (Å²) < 4.78 is 47.4. The molecule has 4 aromatic rings. The van der Waals surface area contributed by atoms with Crippen molar-refractivity contribution in [1.29, 1.82) is 0 Å². The third-order valence-electron chi connectivity index (χ3n) is 5.23. The number of hydrogen-bond acceptors (Lipinski definition) is 3. The van der Waals surface area contributed by atoms with Crippen molar-refractivity contribution in [2.45, 2.75) is 25.7 Å². The van der Waals surface area contributed by atoms with E-state index in [9.17, 15) is 13.2 Å². The molecule has 0 saturated carbocycles. The van der Waals surface area contributed by atoms with Gasteiger partial charge in [0.15, 0.2) is 0 Å². The van der Waals surface area contributed by atoms with E-state index >= 15 is 0 Å². The molecular weight excluding hydrogens is 403 g/mol. The van der Waals surface area contributed by atoms with Gasteiger partial charge in [-0.05, 0) is 68.2 Å². The van der Waals surface area contributed by atoms with E-state index in [1.807, 2.05) is 61.1 Å². The largest absolute Gasteiger partial charge is 0.486 e. The van der Waals surface area contributed by atoms with Crippen molar-refractivity contribution in [3.05, 3.63) is 72.1 Å². The third-order valence-corrected chi connectivity index (χ3v) is 5.23. The first-order valence-corrected chi connectivity index (χ1v) is 10.1. The highest BCUT2D eigenvalue weighted by Gasteiger charge is 2.31. The fourth-order valence-corrected chi connectivity index (χ4v) is 3.67. The number of nitrogens with zero attached hydrogens (tertiary/aromatic N) is 3. The van der Waals surface area contributed by atoms with Crippen LogP contribution >= 0.6 is 0 Å². The number of hydrogen-bond donors (Lipinski definition) is 0. The highest BCUT2D eigenvalue weighted by Crippen LogP contribution is 2.32. The van der Waals surface area contributed by atoms with E-state index in [0.29, 0.717) is 29.2 Å². The van der Waals surface area contributed by atoms with E-state index in [0.717, 1.165) is 35.9 Å². The Morgan fingerprint density at radius 1 is 0.968 bits per heavy atom. The zero-order valence-corrected chi connectivity index (χ0v) is 17.5. The van der Waals surface area contributed by atoms with Crippen LogP contribution in [0.4, 0.5) is 13.2 Å². The lowest BCUT2D eigenvalue weighted by atomic mass is 10.1. The quantitative estimate of drug-likeness (QED) is 0.377. The van der Waals surface area contributed by atoms with E-state index in [2.05, 4.69) is 9.88 Å². The van der Waals surface area contributed by atoms with Crippen LogP contribution in [0.15, 0.2) is 60.7 Å². The van der Waals surface area contributed by atoms with Gasteiger partial charge in [-0.3, -0.25) is 0 Å². The monoisotopic (exact) mass is 427 g/mol. The summed E-state index contributed by atoms with van der Waals surface area (Å²) in [6.45, 7) is 1.69. The predicted molar refractivity (Wildman–Crippen MR) is 116 cm³/mol. The van der Waals surface area contributed by atoms with E-state index in [1.54, 1.807) is 0 Å². The normalized spacial score (nSPS) is 12.2. The first-order valence-electron chi connectivity index (χ1n) is 10.1. The van der Waals surface area contributed by atoms with Crippen molar-refractivity contribution in [2.75, 3.05) is 20.6 Å². The number of alkyl halides is 3. The summed E-state index contributed by atoms with van der Waals surface area (Å²) in [5.74, 6) is 1.31. The lowest BCUT2D eigenvalue weighted by molar-refractivity contribution is -0.137. The summed E-state index contributed by atoms with van der Waals surface area (Å²) in [7, 11) is 3.98. The van der Waals surface area contributed by atoms with Gasteiger partial charge in [0.05, 0.1) is 16.6 Å². The number of rotatable bonds is 7. The molecule has 0 unspecified atom stereocenters. The molecule has 31 heavy (non-hydrogen) atoms. The third kappa shape index (κ3) is 4.82. The van der Waals surface area contributed by atoms with E-state index in [-0.39, 0.29) is 6.61 Å². The Balaban J connectivity index is 1.63. The van der Waals surface area contributed by atoms with Crippen LogP contribution in [0.3, 0.4) is 0 Å². The molecule has 162 valence electrons. The number of ether oxygens (including phenoxy) is 1. The molecule has 4 rings (SSSR count). The van der Waals surface area contributed by atoms with Crippen molar-refractivity contribution >= 4 is 21.8 Å². The van der Waals surface area contributed by atoms with Crippen LogP contribution in [0.2, 0.25) is 0 Å². The van der Waals surface area contributed by atoms with E-state index in [4.69, 9.17) is 4.74 Å². The summed E-state index contributed by atoms with van der Waals surface area (Å²) in [4.78, 5) is 6.56. The molecule has 1 heterocycles. The van der Waals surface area contributed by atoms with Gasteiger partial charge in [0.2, 0.25) is 0 Å². The fourth-order valence-electron chi connectivity index (χ4n) is 3.67. The molecule has 0 aliphatic rings. The number of aryl methyl sites for hydroxylation is 1. The van der Waals surface area contributed by atoms with Crippen LogP contribution in [-0.2, 0) is 19.3 Å². The average Bonchev–Trinajstić information content (AvgIpc) is 3.08. The number of fused-ring (bicyclic) bond motifs is 2. The Morgan fingerprint density at radius 3 is 2.48 bits per heavy atom. The molecule has 1 aromatic heterocycles. The molecule has 0 radical (unpaired) electrons. The van der Waals surface area contributed by atoms with E-state index in [1.165, 1.54) is 6.07 Å². The maximum atomic E-state index is 13.1. The first kappa shape index (κ1) is 21.2. The van der Waals surface area contributed by atoms with Gasteiger partial charge in [-0.25, -0.2) is 4.98 Å². The Labute approximate surface area is 178 Å². The van der Waals surface area contributed by atoms with Crippen molar-refractivity contribution in [1.82, 2.24) is 14.5 Å². The zero-order valence-electron chi connectivity index (χ0n) is 17.5. The van der Waals surface area contributed by atoms with Gasteiger partial charge < -0.3 is 14.2 Å². The predicted octanol–water partition coefficient (Wildman–Crippen LogP) is 5.74. The molecule has 0 aliphatic carbocycles. The molecule has 0 saturated heterocycles. The van der Waals surface area contributed by atoms with Crippen molar-refractivity contribution in [2.24, 2.45) is 0 Å². The van der Waals surface area contributed by atoms with Crippen LogP contribution in [-0.4, -0.2) is 35.1 Å². The van der Waals surface area contributed by atoms with Crippen molar-refractivity contribution in [3.8, 4) is 5.75 Å². The van der Waals surface area contributed by atoms with Gasteiger partial charge in [-0.2, -0.15) is 13.2 Å². The molecule has 0 amide bonds. The van der Waals surface area contributed by atoms with Crippen LogP contribution in [0.1, 0.15) is 17.8 Å². The lowest BCUT2D eigenvalue weighted by Gasteiger charge is -2.13. The minimum Gasteiger partial charge on any atom is -0.486 e. The number of halogens is 3. The van der Waals surface area contributed by atoms with Gasteiger partial charge in [0.1, 0.15) is 18.2 Å². The van der Waals surface area contributed by atoms with Gasteiger partial charge in [-0.1, -0.05) is 30.3 Å². The highest BCUT2D eigenvalue weighted by atomic mass is 19.4. The smallest absolute Gasteiger partial charge is 0.416 e. The number of benzene rings is 3. The Morgan fingerprint density at radius 2 is 1.74 bits per heavy atom. The zero-order chi connectivity index (χ0) is 22.0. The molecule has 0 atom stereocenters. The van der Waals surface area contributed by atoms with Crippen LogP contribution in [0.5, 0.6) is 5.75 Å². The summed E-state index contributed by atoms with van der Waals surface area (Å²) in [6, 6.07) is 17.5. The average molecular weight is 427 g/mol. The number of aromatic nitrogens is 2. The Kier molecular flexibility index (Phi) is 5.87. The fraction of sp³-hybridized carbons (Fsp3) is 0.292. The summed E-state index contributed by atoms with van der Waals surface area (Å²) in [5, 5.41) is 2.18. The minimum absolute atomic E-state index is 0.177. The van der Waals surface area contributed by atoms with Crippen LogP contribution in [0, 0.1) is 0 Å². The summed E-state index contributed by atoms with van der Waals surface area (Å²) in [5.41, 5.74) is 0.320. The molecule has 0 aliphatic heterocycles. The van der Waals surface area contributed by atoms with Crippen LogP contribution in [0.25, 0.3) is 21.8 Å². The molecule has 0 N–H and O–H groups in total. The molecule has 0 bridgehead atoms.